The van der Waals surface area contributed by atoms with Gasteiger partial charge in [-0.2, -0.15) is 0 Å². The minimum absolute atomic E-state index is 0.0413. The monoisotopic (exact) mass is 478 g/mol. The molecule has 2 aromatic carbocycles. The standard InChI is InChI=1S/C28H34N2O5/c1-17(2)14-25(27(33)29-24-13-7-8-18(24)15-26(31)32)30-28(34)35-16-23-21-11-5-3-9-19(21)20-10-4-6-12-22(20)23/h3-6,9-12,17-18,23-25H,7-8,13-16H2,1-2H3,(H,29,33)(H,30,34)(H,31,32)/t18-,24+,25-/m0/s1. The van der Waals surface area contributed by atoms with Crippen LogP contribution in [0.25, 0.3) is 11.1 Å². The number of ether oxygens (including phenoxy) is 1. The van der Waals surface area contributed by atoms with Gasteiger partial charge in [0.25, 0.3) is 0 Å². The zero-order chi connectivity index (χ0) is 24.9. The lowest BCUT2D eigenvalue weighted by atomic mass is 9.98. The fraction of sp³-hybridized carbons (Fsp3) is 0.464. The number of benzene rings is 2. The number of carbonyl (C=O) groups excluding carboxylic acids is 2. The maximum Gasteiger partial charge on any atom is 0.407 e. The molecule has 186 valence electrons. The van der Waals surface area contributed by atoms with Crippen LogP contribution < -0.4 is 10.6 Å². The van der Waals surface area contributed by atoms with Crippen LogP contribution in [-0.2, 0) is 14.3 Å². The van der Waals surface area contributed by atoms with Gasteiger partial charge in [0.05, 0.1) is 6.42 Å². The highest BCUT2D eigenvalue weighted by atomic mass is 16.5. The number of carboxylic acid groups (broad SMARTS) is 1. The molecule has 0 spiro atoms. The third-order valence-electron chi connectivity index (χ3n) is 7.08. The van der Waals surface area contributed by atoms with E-state index in [1.165, 1.54) is 0 Å². The highest BCUT2D eigenvalue weighted by molar-refractivity contribution is 5.86. The van der Waals surface area contributed by atoms with Crippen LogP contribution in [0, 0.1) is 11.8 Å². The SMILES string of the molecule is CC(C)C[C@H](NC(=O)OCC1c2ccccc2-c2ccccc21)C(=O)N[C@@H]1CCC[C@H]1CC(=O)O. The van der Waals surface area contributed by atoms with Crippen molar-refractivity contribution in [3.8, 4) is 11.1 Å². The minimum atomic E-state index is -0.855. The predicted molar refractivity (Wildman–Crippen MR) is 133 cm³/mol. The smallest absolute Gasteiger partial charge is 0.407 e. The topological polar surface area (TPSA) is 105 Å². The van der Waals surface area contributed by atoms with E-state index in [1.54, 1.807) is 0 Å². The Morgan fingerprint density at radius 2 is 1.63 bits per heavy atom. The molecule has 1 fully saturated rings. The fourth-order valence-electron chi connectivity index (χ4n) is 5.46. The molecule has 3 N–H and O–H groups in total. The van der Waals surface area contributed by atoms with Crippen LogP contribution in [0.2, 0.25) is 0 Å². The molecule has 2 aromatic rings. The number of amides is 2. The zero-order valence-electron chi connectivity index (χ0n) is 20.3. The van der Waals surface area contributed by atoms with Gasteiger partial charge in [0.1, 0.15) is 12.6 Å². The molecule has 1 saturated carbocycles. The highest BCUT2D eigenvalue weighted by Crippen LogP contribution is 2.44. The second-order valence-electron chi connectivity index (χ2n) is 10.1. The van der Waals surface area contributed by atoms with Gasteiger partial charge in [-0.15, -0.1) is 0 Å². The first-order valence-corrected chi connectivity index (χ1v) is 12.5. The van der Waals surface area contributed by atoms with Gasteiger partial charge in [-0.3, -0.25) is 9.59 Å². The summed E-state index contributed by atoms with van der Waals surface area (Å²) in [6.07, 6.45) is 2.31. The van der Waals surface area contributed by atoms with Crippen molar-refractivity contribution in [2.75, 3.05) is 6.61 Å². The van der Waals surface area contributed by atoms with E-state index in [-0.39, 0.29) is 42.7 Å². The van der Waals surface area contributed by atoms with Crippen LogP contribution in [-0.4, -0.2) is 41.8 Å². The molecule has 0 radical (unpaired) electrons. The third kappa shape index (κ3) is 5.84. The Bertz CT molecular complexity index is 1040. The molecular weight excluding hydrogens is 444 g/mol. The number of carboxylic acids is 1. The number of aliphatic carboxylic acids is 1. The molecule has 4 rings (SSSR count). The van der Waals surface area contributed by atoms with E-state index < -0.39 is 18.1 Å². The molecule has 0 heterocycles. The number of rotatable bonds is 9. The summed E-state index contributed by atoms with van der Waals surface area (Å²) in [6, 6.07) is 15.3. The summed E-state index contributed by atoms with van der Waals surface area (Å²) in [4.78, 5) is 37.0. The summed E-state index contributed by atoms with van der Waals surface area (Å²) in [6.45, 7) is 4.16. The summed E-state index contributed by atoms with van der Waals surface area (Å²) in [5.41, 5.74) is 4.57. The maximum atomic E-state index is 13.1. The van der Waals surface area contributed by atoms with E-state index in [0.717, 1.165) is 41.5 Å². The molecule has 0 aromatic heterocycles. The van der Waals surface area contributed by atoms with Crippen molar-refractivity contribution in [3.05, 3.63) is 59.7 Å². The number of hydrogen-bond donors (Lipinski definition) is 3. The van der Waals surface area contributed by atoms with Gasteiger partial charge < -0.3 is 20.5 Å². The molecule has 2 amide bonds. The number of hydrogen-bond acceptors (Lipinski definition) is 4. The van der Waals surface area contributed by atoms with Crippen LogP contribution in [0.4, 0.5) is 4.79 Å². The average Bonchev–Trinajstić information content (AvgIpc) is 3.38. The lowest BCUT2D eigenvalue weighted by Crippen LogP contribution is -2.51. The second kappa shape index (κ2) is 10.9. The first-order chi connectivity index (χ1) is 16.8. The molecule has 7 nitrogen and oxygen atoms in total. The summed E-state index contributed by atoms with van der Waals surface area (Å²) in [7, 11) is 0. The number of fused-ring (bicyclic) bond motifs is 3. The first kappa shape index (κ1) is 24.8. The minimum Gasteiger partial charge on any atom is -0.481 e. The van der Waals surface area contributed by atoms with E-state index in [9.17, 15) is 14.4 Å². The van der Waals surface area contributed by atoms with Crippen LogP contribution in [0.5, 0.6) is 0 Å². The van der Waals surface area contributed by atoms with Gasteiger partial charge in [-0.25, -0.2) is 4.79 Å². The van der Waals surface area contributed by atoms with Gasteiger partial charge in [0.15, 0.2) is 0 Å². The Morgan fingerprint density at radius 3 is 2.23 bits per heavy atom. The van der Waals surface area contributed by atoms with Crippen molar-refractivity contribution >= 4 is 18.0 Å². The largest absolute Gasteiger partial charge is 0.481 e. The van der Waals surface area contributed by atoms with Crippen molar-refractivity contribution in [2.45, 2.75) is 64.0 Å². The van der Waals surface area contributed by atoms with Gasteiger partial charge in [0.2, 0.25) is 5.91 Å². The summed E-state index contributed by atoms with van der Waals surface area (Å²) >= 11 is 0. The molecular formula is C28H34N2O5. The van der Waals surface area contributed by atoms with Crippen LogP contribution in [0.3, 0.4) is 0 Å². The number of carbonyl (C=O) groups is 3. The Labute approximate surface area is 206 Å². The summed E-state index contributed by atoms with van der Waals surface area (Å²) in [5.74, 6) is -1.09. The van der Waals surface area contributed by atoms with Crippen molar-refractivity contribution in [1.82, 2.24) is 10.6 Å². The number of nitrogens with one attached hydrogen (secondary N) is 2. The van der Waals surface area contributed by atoms with Gasteiger partial charge in [0, 0.05) is 12.0 Å². The van der Waals surface area contributed by atoms with Crippen molar-refractivity contribution < 1.29 is 24.2 Å². The highest BCUT2D eigenvalue weighted by Gasteiger charge is 2.33. The quantitative estimate of drug-likeness (QED) is 0.485. The Morgan fingerprint density at radius 1 is 1.00 bits per heavy atom. The van der Waals surface area contributed by atoms with Crippen LogP contribution in [0.15, 0.2) is 48.5 Å². The van der Waals surface area contributed by atoms with E-state index in [2.05, 4.69) is 34.9 Å². The lowest BCUT2D eigenvalue weighted by Gasteiger charge is -2.25. The molecule has 0 aliphatic heterocycles. The van der Waals surface area contributed by atoms with Gasteiger partial charge in [-0.05, 0) is 53.4 Å². The average molecular weight is 479 g/mol. The van der Waals surface area contributed by atoms with Crippen molar-refractivity contribution in [2.24, 2.45) is 11.8 Å². The van der Waals surface area contributed by atoms with Gasteiger partial charge in [-0.1, -0.05) is 68.8 Å². The fourth-order valence-corrected chi connectivity index (χ4v) is 5.46. The van der Waals surface area contributed by atoms with Crippen molar-refractivity contribution in [1.29, 1.82) is 0 Å². The number of alkyl carbamates (subject to hydrolysis) is 1. The summed E-state index contributed by atoms with van der Waals surface area (Å²) < 4.78 is 5.64. The van der Waals surface area contributed by atoms with Crippen molar-refractivity contribution in [3.63, 3.8) is 0 Å². The maximum absolute atomic E-state index is 13.1. The van der Waals surface area contributed by atoms with E-state index in [0.29, 0.717) is 6.42 Å². The molecule has 0 saturated heterocycles. The van der Waals surface area contributed by atoms with E-state index >= 15 is 0 Å². The Hall–Kier alpha value is -3.35. The molecule has 0 unspecified atom stereocenters. The van der Waals surface area contributed by atoms with Crippen LogP contribution >= 0.6 is 0 Å². The summed E-state index contributed by atoms with van der Waals surface area (Å²) in [5, 5.41) is 14.9. The van der Waals surface area contributed by atoms with Gasteiger partial charge >= 0.3 is 12.1 Å². The Kier molecular flexibility index (Phi) is 7.73. The molecule has 35 heavy (non-hydrogen) atoms. The molecule has 2 aliphatic rings. The van der Waals surface area contributed by atoms with E-state index in [1.807, 2.05) is 38.1 Å². The third-order valence-corrected chi connectivity index (χ3v) is 7.08. The van der Waals surface area contributed by atoms with E-state index in [4.69, 9.17) is 9.84 Å². The normalized spacial score (nSPS) is 19.6. The molecule has 7 heteroatoms. The zero-order valence-corrected chi connectivity index (χ0v) is 20.3. The molecule has 2 aliphatic carbocycles. The second-order valence-corrected chi connectivity index (χ2v) is 10.1. The Balaban J connectivity index is 1.38. The predicted octanol–water partition coefficient (Wildman–Crippen LogP) is 4.70. The lowest BCUT2D eigenvalue weighted by molar-refractivity contribution is -0.138. The molecule has 3 atom stereocenters. The molecule has 0 bridgehead atoms. The first-order valence-electron chi connectivity index (χ1n) is 12.5. The van der Waals surface area contributed by atoms with Crippen LogP contribution in [0.1, 0.15) is 63.0 Å².